The number of thiazole rings is 1. The van der Waals surface area contributed by atoms with Crippen LogP contribution in [0.2, 0.25) is 5.02 Å². The van der Waals surface area contributed by atoms with Crippen LogP contribution in [-0.2, 0) is 16.6 Å². The highest BCUT2D eigenvalue weighted by Crippen LogP contribution is 2.45. The number of hydrogen-bond acceptors (Lipinski definition) is 5. The van der Waals surface area contributed by atoms with Crippen molar-refractivity contribution >= 4 is 49.8 Å². The number of rotatable bonds is 6. The van der Waals surface area contributed by atoms with E-state index in [4.69, 9.17) is 26.4 Å². The lowest BCUT2D eigenvalue weighted by Gasteiger charge is -2.29. The van der Waals surface area contributed by atoms with Crippen LogP contribution in [0.3, 0.4) is 0 Å². The van der Waals surface area contributed by atoms with E-state index in [1.54, 1.807) is 18.3 Å². The van der Waals surface area contributed by atoms with Crippen LogP contribution in [-0.4, -0.2) is 26.1 Å². The van der Waals surface area contributed by atoms with Gasteiger partial charge in [-0.25, -0.2) is 4.98 Å². The van der Waals surface area contributed by atoms with Gasteiger partial charge in [-0.1, -0.05) is 37.6 Å². The van der Waals surface area contributed by atoms with Crippen LogP contribution in [0, 0.1) is 6.92 Å². The third kappa shape index (κ3) is 5.25. The molecule has 202 valence electrons. The van der Waals surface area contributed by atoms with Gasteiger partial charge in [0.25, 0.3) is 0 Å². The van der Waals surface area contributed by atoms with Crippen LogP contribution in [0.15, 0.2) is 48.5 Å². The minimum Gasteiger partial charge on any atom is -0.360 e. The highest BCUT2D eigenvalue weighted by Gasteiger charge is 2.30. The summed E-state index contributed by atoms with van der Waals surface area (Å²) < 4.78 is 9.34. The molecule has 2 aromatic heterocycles. The largest absolute Gasteiger partial charge is 0.360 e. The molecule has 0 aliphatic rings. The summed E-state index contributed by atoms with van der Waals surface area (Å²) in [5, 5.41) is 7.49. The smallest absolute Gasteiger partial charge is 0.163 e. The maximum absolute atomic E-state index is 13.0. The van der Waals surface area contributed by atoms with Crippen LogP contribution in [0.4, 0.5) is 0 Å². The van der Waals surface area contributed by atoms with Gasteiger partial charge in [-0.15, -0.1) is 11.3 Å². The fourth-order valence-electron chi connectivity index (χ4n) is 5.13. The standard InChI is InChI=1S/C32H34ClN3O2S/c1-17(2)28-23-16-21(11-14-25(23)36(8)35-28)31-34-24-15-18(3)26(29(19(4)37)38-32(5,6)7)27(30(24)39-31)20-9-12-22(33)13-10-20/h9-17,29H,1-8H3/t29-/m1/s1. The second-order valence-corrected chi connectivity index (χ2v) is 12.9. The number of hydrogen-bond donors (Lipinski definition) is 0. The molecule has 5 aromatic rings. The van der Waals surface area contributed by atoms with Crippen LogP contribution in [0.1, 0.15) is 70.4 Å². The van der Waals surface area contributed by atoms with Gasteiger partial charge in [-0.2, -0.15) is 5.10 Å². The molecule has 0 fully saturated rings. The van der Waals surface area contributed by atoms with E-state index in [1.165, 1.54) is 0 Å². The molecule has 0 saturated heterocycles. The van der Waals surface area contributed by atoms with Crippen molar-refractivity contribution < 1.29 is 9.53 Å². The van der Waals surface area contributed by atoms with E-state index in [2.05, 4.69) is 38.1 Å². The van der Waals surface area contributed by atoms with E-state index in [1.807, 2.05) is 63.7 Å². The zero-order valence-electron chi connectivity index (χ0n) is 23.7. The van der Waals surface area contributed by atoms with Crippen LogP contribution >= 0.6 is 22.9 Å². The predicted molar refractivity (Wildman–Crippen MR) is 163 cm³/mol. The molecule has 0 radical (unpaired) electrons. The van der Waals surface area contributed by atoms with Gasteiger partial charge in [0.1, 0.15) is 11.1 Å². The van der Waals surface area contributed by atoms with Gasteiger partial charge in [0, 0.05) is 34.1 Å². The average Bonchev–Trinajstić information content (AvgIpc) is 3.42. The molecule has 5 nitrogen and oxygen atoms in total. The number of aryl methyl sites for hydroxylation is 2. The van der Waals surface area contributed by atoms with Crippen LogP contribution in [0.25, 0.3) is 42.8 Å². The van der Waals surface area contributed by atoms with Crippen LogP contribution in [0.5, 0.6) is 0 Å². The van der Waals surface area contributed by atoms with Gasteiger partial charge in [-0.05, 0) is 88.1 Å². The Morgan fingerprint density at radius 3 is 2.33 bits per heavy atom. The Morgan fingerprint density at radius 2 is 1.72 bits per heavy atom. The van der Waals surface area contributed by atoms with Gasteiger partial charge in [0.15, 0.2) is 5.78 Å². The third-order valence-electron chi connectivity index (χ3n) is 6.84. The van der Waals surface area contributed by atoms with Crippen LogP contribution < -0.4 is 0 Å². The second kappa shape index (κ2) is 10.2. The number of carbonyl (C=O) groups is 1. The lowest BCUT2D eigenvalue weighted by Crippen LogP contribution is -2.27. The number of ketones is 1. The van der Waals surface area contributed by atoms with E-state index in [0.717, 1.165) is 59.6 Å². The van der Waals surface area contributed by atoms with Crippen molar-refractivity contribution in [1.29, 1.82) is 0 Å². The van der Waals surface area contributed by atoms with E-state index in [0.29, 0.717) is 10.9 Å². The number of halogens is 1. The number of ether oxygens (including phenoxy) is 1. The minimum absolute atomic E-state index is 0.0319. The highest BCUT2D eigenvalue weighted by molar-refractivity contribution is 7.22. The second-order valence-electron chi connectivity index (χ2n) is 11.5. The summed E-state index contributed by atoms with van der Waals surface area (Å²) in [5.41, 5.74) is 7.44. The first-order chi connectivity index (χ1) is 18.3. The molecule has 0 aliphatic carbocycles. The molecule has 0 saturated carbocycles. The monoisotopic (exact) mass is 559 g/mol. The maximum atomic E-state index is 13.0. The zero-order chi connectivity index (χ0) is 28.2. The Kier molecular flexibility index (Phi) is 7.17. The van der Waals surface area contributed by atoms with Gasteiger partial charge in [0.05, 0.1) is 27.0 Å². The summed E-state index contributed by atoms with van der Waals surface area (Å²) in [4.78, 5) is 18.1. The SMILES string of the molecule is CC(=O)[C@@H](OC(C)(C)C)c1c(C)cc2nc(-c3ccc4c(c3)c(C(C)C)nn4C)sc2c1-c1ccc(Cl)cc1. The average molecular weight is 560 g/mol. The van der Waals surface area contributed by atoms with E-state index >= 15 is 0 Å². The highest BCUT2D eigenvalue weighted by atomic mass is 35.5. The first-order valence-corrected chi connectivity index (χ1v) is 14.4. The Morgan fingerprint density at radius 1 is 1.05 bits per heavy atom. The summed E-state index contributed by atoms with van der Waals surface area (Å²) >= 11 is 7.90. The Balaban J connectivity index is 1.78. The van der Waals surface area contributed by atoms with Crippen molar-refractivity contribution in [3.05, 3.63) is 70.4 Å². The van der Waals surface area contributed by atoms with Crippen molar-refractivity contribution in [3.8, 4) is 21.7 Å². The lowest BCUT2D eigenvalue weighted by molar-refractivity contribution is -0.138. The summed E-state index contributed by atoms with van der Waals surface area (Å²) in [6.07, 6.45) is -0.703. The molecule has 2 heterocycles. The van der Waals surface area contributed by atoms with Crippen molar-refractivity contribution in [3.63, 3.8) is 0 Å². The molecule has 0 spiro atoms. The quantitative estimate of drug-likeness (QED) is 0.208. The number of fused-ring (bicyclic) bond motifs is 2. The fourth-order valence-corrected chi connectivity index (χ4v) is 6.37. The first-order valence-electron chi connectivity index (χ1n) is 13.2. The zero-order valence-corrected chi connectivity index (χ0v) is 25.3. The van der Waals surface area contributed by atoms with Gasteiger partial charge in [0.2, 0.25) is 0 Å². The number of aromatic nitrogens is 3. The van der Waals surface area contributed by atoms with Crippen molar-refractivity contribution in [2.45, 2.75) is 66.1 Å². The first kappa shape index (κ1) is 27.5. The Hall–Kier alpha value is -3.06. The lowest BCUT2D eigenvalue weighted by atomic mass is 9.90. The number of carbonyl (C=O) groups excluding carboxylic acids is 1. The summed E-state index contributed by atoms with van der Waals surface area (Å²) in [7, 11) is 1.99. The number of nitrogens with zero attached hydrogens (tertiary/aromatic N) is 3. The van der Waals surface area contributed by atoms with Gasteiger partial charge in [-0.3, -0.25) is 9.48 Å². The maximum Gasteiger partial charge on any atom is 0.163 e. The molecule has 0 N–H and O–H groups in total. The van der Waals surface area contributed by atoms with Crippen molar-refractivity contribution in [1.82, 2.24) is 14.8 Å². The molecule has 7 heteroatoms. The Labute approximate surface area is 238 Å². The molecular weight excluding hydrogens is 526 g/mol. The van der Waals surface area contributed by atoms with E-state index < -0.39 is 11.7 Å². The molecule has 3 aromatic carbocycles. The van der Waals surface area contributed by atoms with E-state index in [9.17, 15) is 4.79 Å². The third-order valence-corrected chi connectivity index (χ3v) is 8.23. The van der Waals surface area contributed by atoms with Crippen molar-refractivity contribution in [2.24, 2.45) is 7.05 Å². The topological polar surface area (TPSA) is 57.0 Å². The molecule has 1 atom stereocenters. The summed E-state index contributed by atoms with van der Waals surface area (Å²) in [6.45, 7) is 13.9. The predicted octanol–water partition coefficient (Wildman–Crippen LogP) is 9.05. The van der Waals surface area contributed by atoms with Gasteiger partial charge < -0.3 is 4.74 Å². The normalized spacial score (nSPS) is 13.1. The minimum atomic E-state index is -0.703. The summed E-state index contributed by atoms with van der Waals surface area (Å²) in [5.74, 6) is 0.280. The molecule has 5 rings (SSSR count). The van der Waals surface area contributed by atoms with Gasteiger partial charge >= 0.3 is 0 Å². The molecular formula is C32H34ClN3O2S. The molecule has 0 aliphatic heterocycles. The van der Waals surface area contributed by atoms with E-state index in [-0.39, 0.29) is 5.78 Å². The molecule has 0 unspecified atom stereocenters. The Bertz CT molecular complexity index is 1710. The summed E-state index contributed by atoms with van der Waals surface area (Å²) in [6, 6.07) is 16.3. The number of benzene rings is 3. The fraction of sp³-hybridized carbons (Fsp3) is 0.344. The molecule has 0 amide bonds. The number of Topliss-reactive ketones (excluding diaryl/α,β-unsaturated/α-hetero) is 1. The van der Waals surface area contributed by atoms with Crippen molar-refractivity contribution in [2.75, 3.05) is 0 Å². The molecule has 0 bridgehead atoms. The molecule has 39 heavy (non-hydrogen) atoms.